The molecule has 0 radical (unpaired) electrons. The monoisotopic (exact) mass is 473 g/mol. The zero-order valence-corrected chi connectivity index (χ0v) is 20.6. The molecule has 0 atom stereocenters. The van der Waals surface area contributed by atoms with Crippen LogP contribution in [0.4, 0.5) is 0 Å². The highest BCUT2D eigenvalue weighted by Gasteiger charge is 2.49. The first kappa shape index (κ1) is 29.7. The molecule has 0 aromatic rings. The van der Waals surface area contributed by atoms with Crippen molar-refractivity contribution in [3.63, 3.8) is 0 Å². The summed E-state index contributed by atoms with van der Waals surface area (Å²) in [6.45, 7) is 15.5. The largest absolute Gasteiger partial charge is 0.500 e. The number of nitrogens with two attached hydrogens (primary N) is 1. The summed E-state index contributed by atoms with van der Waals surface area (Å²) in [6.07, 6.45) is 1.07. The maximum Gasteiger partial charge on any atom is 0.500 e. The molecule has 0 unspecified atom stereocenters. The minimum Gasteiger partial charge on any atom is -0.385 e. The predicted molar refractivity (Wildman–Crippen MR) is 119 cm³/mol. The quantitative estimate of drug-likeness (QED) is 0.117. The number of hydrogen-bond donors (Lipinski definition) is 1. The molecule has 0 saturated carbocycles. The van der Waals surface area contributed by atoms with Crippen LogP contribution in [-0.4, -0.2) is 60.1 Å². The van der Waals surface area contributed by atoms with E-state index in [-0.39, 0.29) is 29.2 Å². The molecule has 2 N–H and O–H groups in total. The Kier molecular flexibility index (Phi) is 13.0. The normalized spacial score (nSPS) is 11.4. The number of carbonyl (C=O) groups excluding carboxylic acids is 3. The van der Waals surface area contributed by atoms with Crippen LogP contribution >= 0.6 is 0 Å². The van der Waals surface area contributed by atoms with Crippen LogP contribution in [0.2, 0.25) is 6.04 Å². The van der Waals surface area contributed by atoms with Gasteiger partial charge in [-0.05, 0) is 40.2 Å². The number of unbranched alkanes of at least 4 members (excludes halogenated alkanes) is 1. The minimum absolute atomic E-state index is 0.00727. The van der Waals surface area contributed by atoms with Gasteiger partial charge in [0.1, 0.15) is 0 Å². The molecule has 0 aliphatic carbocycles. The predicted octanol–water partition coefficient (Wildman–Crippen LogP) is 2.38. The summed E-state index contributed by atoms with van der Waals surface area (Å²) in [5.74, 6) is -5.28. The highest BCUT2D eigenvalue weighted by Crippen LogP contribution is 2.30. The van der Waals surface area contributed by atoms with Crippen LogP contribution in [0.3, 0.4) is 0 Å². The van der Waals surface area contributed by atoms with Gasteiger partial charge in [-0.15, -0.1) is 0 Å². The lowest BCUT2D eigenvalue weighted by Gasteiger charge is -2.34. The zero-order valence-electron chi connectivity index (χ0n) is 19.6. The minimum atomic E-state index is -3.32. The molecule has 0 heterocycles. The summed E-state index contributed by atoms with van der Waals surface area (Å²) < 4.78 is 32.8. The molecule has 0 saturated heterocycles. The molecule has 182 valence electrons. The van der Waals surface area contributed by atoms with E-state index in [1.807, 2.05) is 0 Å². The smallest absolute Gasteiger partial charge is 0.385 e. The van der Waals surface area contributed by atoms with Crippen LogP contribution in [-0.2, 0) is 41.9 Å². The van der Waals surface area contributed by atoms with E-state index >= 15 is 0 Å². The van der Waals surface area contributed by atoms with Crippen LogP contribution in [0, 0.1) is 0 Å². The SMILES string of the molecule is C=C(C)C(=O)OC(CC[Si](OC)(OC)OCCCCN)(OC(=O)C(=C)C)OC(=O)C(=C)C. The van der Waals surface area contributed by atoms with E-state index in [2.05, 4.69) is 19.7 Å². The second-order valence-corrected chi connectivity index (χ2v) is 10.1. The average Bonchev–Trinajstić information content (AvgIpc) is 2.73. The first-order chi connectivity index (χ1) is 14.9. The zero-order chi connectivity index (χ0) is 24.9. The summed E-state index contributed by atoms with van der Waals surface area (Å²) in [4.78, 5) is 37.0. The van der Waals surface area contributed by atoms with E-state index in [0.29, 0.717) is 19.6 Å². The van der Waals surface area contributed by atoms with Gasteiger partial charge in [-0.1, -0.05) is 19.7 Å². The van der Waals surface area contributed by atoms with E-state index in [1.165, 1.54) is 35.0 Å². The van der Waals surface area contributed by atoms with Gasteiger partial charge in [-0.3, -0.25) is 0 Å². The maximum atomic E-state index is 12.3. The van der Waals surface area contributed by atoms with E-state index in [4.69, 9.17) is 33.2 Å². The van der Waals surface area contributed by atoms with E-state index in [0.717, 1.165) is 6.42 Å². The standard InChI is InChI=1S/C21H35NO9Si/c1-15(2)18(23)29-21(30-19(24)16(3)4,31-20(25)17(5)6)11-14-32(26-7,27-8)28-13-10-9-12-22/h1,3,5,9-14,22H2,2,4,6-8H3. The van der Waals surface area contributed by atoms with Gasteiger partial charge in [-0.25, -0.2) is 14.4 Å². The summed E-state index contributed by atoms with van der Waals surface area (Å²) in [5.41, 5.74) is 5.48. The molecule has 0 rings (SSSR count). The average molecular weight is 474 g/mol. The molecule has 0 aliphatic heterocycles. The molecule has 10 nitrogen and oxygen atoms in total. The van der Waals surface area contributed by atoms with E-state index in [9.17, 15) is 14.4 Å². The van der Waals surface area contributed by atoms with E-state index in [1.54, 1.807) is 0 Å². The molecule has 0 amide bonds. The van der Waals surface area contributed by atoms with E-state index < -0.39 is 32.7 Å². The highest BCUT2D eigenvalue weighted by atomic mass is 28.4. The van der Waals surface area contributed by atoms with Crippen molar-refractivity contribution in [2.45, 2.75) is 52.1 Å². The molecule has 0 aliphatic rings. The number of carbonyl (C=O) groups is 3. The fraction of sp³-hybridized carbons (Fsp3) is 0.571. The Morgan fingerprint density at radius 3 is 1.53 bits per heavy atom. The molecule has 0 aromatic carbocycles. The lowest BCUT2D eigenvalue weighted by molar-refractivity contribution is -0.327. The maximum absolute atomic E-state index is 12.3. The Bertz CT molecular complexity index is 647. The van der Waals surface area contributed by atoms with Crippen molar-refractivity contribution in [3.05, 3.63) is 36.5 Å². The Hall–Kier alpha value is -2.31. The molecule has 0 aromatic heterocycles. The Balaban J connectivity index is 6.04. The van der Waals surface area contributed by atoms with Crippen LogP contribution in [0.15, 0.2) is 36.5 Å². The lowest BCUT2D eigenvalue weighted by atomic mass is 10.3. The van der Waals surface area contributed by atoms with Crippen molar-refractivity contribution in [2.24, 2.45) is 5.73 Å². The fourth-order valence-electron chi connectivity index (χ4n) is 2.16. The van der Waals surface area contributed by atoms with Crippen LogP contribution in [0.25, 0.3) is 0 Å². The number of hydrogen-bond acceptors (Lipinski definition) is 10. The van der Waals surface area contributed by atoms with Crippen LogP contribution < -0.4 is 5.73 Å². The van der Waals surface area contributed by atoms with Gasteiger partial charge < -0.3 is 33.2 Å². The highest BCUT2D eigenvalue weighted by molar-refractivity contribution is 6.60. The third-order valence-corrected chi connectivity index (χ3v) is 6.82. The van der Waals surface area contributed by atoms with Gasteiger partial charge in [-0.2, -0.15) is 0 Å². The molecular weight excluding hydrogens is 438 g/mol. The van der Waals surface area contributed by atoms with Crippen LogP contribution in [0.1, 0.15) is 40.0 Å². The summed E-state index contributed by atoms with van der Waals surface area (Å²) >= 11 is 0. The Morgan fingerprint density at radius 1 is 0.812 bits per heavy atom. The third kappa shape index (κ3) is 9.87. The summed E-state index contributed by atoms with van der Waals surface area (Å²) in [7, 11) is -0.514. The number of rotatable bonds is 16. The molecule has 0 spiro atoms. The van der Waals surface area contributed by atoms with Crippen molar-refractivity contribution in [3.8, 4) is 0 Å². The Morgan fingerprint density at radius 2 is 1.22 bits per heavy atom. The molecule has 0 fully saturated rings. The van der Waals surface area contributed by atoms with Gasteiger partial charge in [0.25, 0.3) is 0 Å². The van der Waals surface area contributed by atoms with Crippen molar-refractivity contribution in [2.75, 3.05) is 27.4 Å². The topological polar surface area (TPSA) is 133 Å². The number of esters is 3. The first-order valence-electron chi connectivity index (χ1n) is 9.98. The van der Waals surface area contributed by atoms with Gasteiger partial charge in [0.15, 0.2) is 0 Å². The van der Waals surface area contributed by atoms with Crippen molar-refractivity contribution < 1.29 is 41.9 Å². The summed E-state index contributed by atoms with van der Waals surface area (Å²) in [6, 6.07) is -0.0287. The van der Waals surface area contributed by atoms with Crippen molar-refractivity contribution in [1.29, 1.82) is 0 Å². The molecule has 32 heavy (non-hydrogen) atoms. The second-order valence-electron chi connectivity index (χ2n) is 7.13. The Labute approximate surface area is 190 Å². The molecule has 11 heteroatoms. The fourth-order valence-corrected chi connectivity index (χ4v) is 4.18. The van der Waals surface area contributed by atoms with Crippen molar-refractivity contribution in [1.82, 2.24) is 0 Å². The molecular formula is C21H35NO9Si. The van der Waals surface area contributed by atoms with Gasteiger partial charge in [0, 0.05) is 43.6 Å². The number of ether oxygens (including phenoxy) is 3. The van der Waals surface area contributed by atoms with Crippen LogP contribution in [0.5, 0.6) is 0 Å². The van der Waals surface area contributed by atoms with Crippen molar-refractivity contribution >= 4 is 26.7 Å². The van der Waals surface area contributed by atoms with Gasteiger partial charge in [0.05, 0.1) is 6.42 Å². The van der Waals surface area contributed by atoms with Gasteiger partial charge in [0.2, 0.25) is 0 Å². The third-order valence-electron chi connectivity index (χ3n) is 4.07. The summed E-state index contributed by atoms with van der Waals surface area (Å²) in [5, 5.41) is 0. The van der Waals surface area contributed by atoms with Gasteiger partial charge >= 0.3 is 32.7 Å². The molecule has 0 bridgehead atoms. The lowest BCUT2D eigenvalue weighted by Crippen LogP contribution is -2.50. The second kappa shape index (κ2) is 14.0. The first-order valence-corrected chi connectivity index (χ1v) is 11.9.